The summed E-state index contributed by atoms with van der Waals surface area (Å²) >= 11 is 8.99. The molecule has 0 atom stereocenters. The second-order valence-electron chi connectivity index (χ2n) is 13.6. The van der Waals surface area contributed by atoms with Gasteiger partial charge in [0.05, 0.1) is 6.61 Å². The van der Waals surface area contributed by atoms with Crippen LogP contribution >= 0.6 is 32.7 Å². The largest absolute Gasteiger partial charge is 0.469 e. The average molecular weight is 694 g/mol. The van der Waals surface area contributed by atoms with Crippen molar-refractivity contribution in [2.75, 3.05) is 13.2 Å². The average Bonchev–Trinajstić information content (AvgIpc) is 2.99. The summed E-state index contributed by atoms with van der Waals surface area (Å²) in [6, 6.07) is 0. The maximum atomic E-state index is 10.6. The van der Waals surface area contributed by atoms with Gasteiger partial charge in [0.2, 0.25) is 0 Å². The van der Waals surface area contributed by atoms with Crippen LogP contribution in [0.3, 0.4) is 0 Å². The first kappa shape index (κ1) is 45.3. The number of rotatable bonds is 38. The summed E-state index contributed by atoms with van der Waals surface area (Å²) in [6.45, 7) is 1.15. The number of unbranched alkanes of at least 4 members (excludes halogenated alkanes) is 33. The van der Waals surface area contributed by atoms with Gasteiger partial charge in [-0.1, -0.05) is 218 Å². The SMILES string of the molecule is O=P(O)(O)OCCCCCCCCCCCCCCCCCCCCCCCCCCCCCCCCCCCCNC(=S)S. The summed E-state index contributed by atoms with van der Waals surface area (Å²) in [5, 5.41) is 3.11. The lowest BCUT2D eigenvalue weighted by Gasteiger charge is -2.05. The first-order chi connectivity index (χ1) is 21.9. The van der Waals surface area contributed by atoms with Gasteiger partial charge >= 0.3 is 7.82 Å². The Balaban J connectivity index is 3.06. The highest BCUT2D eigenvalue weighted by Gasteiger charge is 2.12. The zero-order chi connectivity index (χ0) is 32.9. The van der Waals surface area contributed by atoms with Crippen molar-refractivity contribution in [1.82, 2.24) is 5.32 Å². The van der Waals surface area contributed by atoms with Gasteiger partial charge in [-0.3, -0.25) is 4.52 Å². The molecule has 0 aromatic heterocycles. The van der Waals surface area contributed by atoms with Gasteiger partial charge in [0.25, 0.3) is 0 Å². The van der Waals surface area contributed by atoms with Crippen molar-refractivity contribution in [3.63, 3.8) is 0 Å². The number of hydrogen-bond donors (Lipinski definition) is 4. The molecule has 45 heavy (non-hydrogen) atoms. The molecule has 0 aliphatic rings. The first-order valence-corrected chi connectivity index (χ1v) is 22.0. The highest BCUT2D eigenvalue weighted by molar-refractivity contribution is 8.11. The third-order valence-electron chi connectivity index (χ3n) is 9.11. The summed E-state index contributed by atoms with van der Waals surface area (Å²) in [6.07, 6.45) is 46.4. The van der Waals surface area contributed by atoms with Crippen LogP contribution in [0, 0.1) is 0 Å². The fourth-order valence-electron chi connectivity index (χ4n) is 6.26. The smallest absolute Gasteiger partial charge is 0.371 e. The highest BCUT2D eigenvalue weighted by atomic mass is 32.1. The van der Waals surface area contributed by atoms with Crippen LogP contribution < -0.4 is 5.32 Å². The van der Waals surface area contributed by atoms with Gasteiger partial charge in [-0.15, -0.1) is 12.6 Å². The number of phosphoric ester groups is 1. The highest BCUT2D eigenvalue weighted by Crippen LogP contribution is 2.35. The molecule has 0 fully saturated rings. The van der Waals surface area contributed by atoms with Crippen LogP contribution in [0.5, 0.6) is 0 Å². The second kappa shape index (κ2) is 37.2. The molecule has 0 aromatic carbocycles. The molecule has 8 heteroatoms. The van der Waals surface area contributed by atoms with Crippen LogP contribution in [0.2, 0.25) is 0 Å². The molecule has 270 valence electrons. The van der Waals surface area contributed by atoms with E-state index in [0.717, 1.165) is 25.8 Å². The predicted octanol–water partition coefficient (Wildman–Crippen LogP) is 13.2. The summed E-state index contributed by atoms with van der Waals surface area (Å²) < 4.78 is 15.7. The molecule has 0 aromatic rings. The molecule has 0 amide bonds. The molecular formula is C37H76NO4PS2. The predicted molar refractivity (Wildman–Crippen MR) is 205 cm³/mol. The quantitative estimate of drug-likeness (QED) is 0.0223. The van der Waals surface area contributed by atoms with Crippen molar-refractivity contribution in [1.29, 1.82) is 0 Å². The van der Waals surface area contributed by atoms with Gasteiger partial charge in [-0.25, -0.2) is 4.57 Å². The minimum absolute atomic E-state index is 0.168. The Bertz CT molecular complexity index is 650. The Morgan fingerprint density at radius 1 is 0.444 bits per heavy atom. The van der Waals surface area contributed by atoms with Crippen molar-refractivity contribution in [3.8, 4) is 0 Å². The van der Waals surface area contributed by atoms with E-state index in [0.29, 0.717) is 4.32 Å². The molecule has 0 saturated heterocycles. The molecule has 0 radical (unpaired) electrons. The van der Waals surface area contributed by atoms with E-state index in [4.69, 9.17) is 22.0 Å². The van der Waals surface area contributed by atoms with Crippen LogP contribution in [0.15, 0.2) is 0 Å². The Labute approximate surface area is 291 Å². The van der Waals surface area contributed by atoms with E-state index in [9.17, 15) is 4.57 Å². The third kappa shape index (κ3) is 44.4. The molecule has 0 aliphatic carbocycles. The molecule has 0 rings (SSSR count). The van der Waals surface area contributed by atoms with E-state index in [1.54, 1.807) is 0 Å². The van der Waals surface area contributed by atoms with Crippen LogP contribution in [0.4, 0.5) is 0 Å². The number of thiol groups is 1. The Kier molecular flexibility index (Phi) is 37.5. The monoisotopic (exact) mass is 693 g/mol. The number of nitrogens with one attached hydrogen (secondary N) is 1. The standard InChI is InChI=1S/C37H76NO4PS2/c39-43(40,41)42-36-34-32-30-28-26-24-22-20-18-16-14-12-10-8-6-4-2-1-3-5-7-9-11-13-15-17-19-21-23-25-27-29-31-33-35-38-37(44)45/h1-36H2,(H2,38,44,45)(H2,39,40,41). The molecular weight excluding hydrogens is 618 g/mol. The summed E-state index contributed by atoms with van der Waals surface area (Å²) in [5.74, 6) is 0. The van der Waals surface area contributed by atoms with Gasteiger partial charge in [0.15, 0.2) is 0 Å². The summed E-state index contributed by atoms with van der Waals surface area (Å²) in [5.41, 5.74) is 0. The van der Waals surface area contributed by atoms with Crippen LogP contribution in [-0.4, -0.2) is 27.3 Å². The normalized spacial score (nSPS) is 11.8. The van der Waals surface area contributed by atoms with Crippen molar-refractivity contribution < 1.29 is 18.9 Å². The number of phosphoric acid groups is 1. The van der Waals surface area contributed by atoms with E-state index >= 15 is 0 Å². The van der Waals surface area contributed by atoms with Crippen molar-refractivity contribution in [3.05, 3.63) is 0 Å². The van der Waals surface area contributed by atoms with Gasteiger partial charge < -0.3 is 15.1 Å². The minimum atomic E-state index is -4.27. The zero-order valence-electron chi connectivity index (χ0n) is 29.5. The molecule has 0 bridgehead atoms. The first-order valence-electron chi connectivity index (χ1n) is 19.6. The zero-order valence-corrected chi connectivity index (χ0v) is 32.1. The minimum Gasteiger partial charge on any atom is -0.371 e. The van der Waals surface area contributed by atoms with Crippen LogP contribution in [0.1, 0.15) is 218 Å². The molecule has 0 heterocycles. The van der Waals surface area contributed by atoms with Gasteiger partial charge in [0.1, 0.15) is 4.32 Å². The lowest BCUT2D eigenvalue weighted by atomic mass is 10.0. The Morgan fingerprint density at radius 2 is 0.644 bits per heavy atom. The van der Waals surface area contributed by atoms with E-state index in [2.05, 4.69) is 22.5 Å². The summed E-state index contributed by atoms with van der Waals surface area (Å²) in [4.78, 5) is 17.3. The number of hydrogen-bond acceptors (Lipinski definition) is 3. The molecule has 3 N–H and O–H groups in total. The van der Waals surface area contributed by atoms with Crippen molar-refractivity contribution in [2.45, 2.75) is 218 Å². The van der Waals surface area contributed by atoms with E-state index in [1.807, 2.05) is 0 Å². The van der Waals surface area contributed by atoms with Crippen LogP contribution in [-0.2, 0) is 9.09 Å². The molecule has 5 nitrogen and oxygen atoms in total. The van der Waals surface area contributed by atoms with E-state index < -0.39 is 7.82 Å². The van der Waals surface area contributed by atoms with Crippen molar-refractivity contribution in [2.24, 2.45) is 0 Å². The van der Waals surface area contributed by atoms with Gasteiger partial charge in [0, 0.05) is 6.54 Å². The van der Waals surface area contributed by atoms with E-state index in [-0.39, 0.29) is 6.61 Å². The molecule has 0 aliphatic heterocycles. The van der Waals surface area contributed by atoms with Gasteiger partial charge in [-0.05, 0) is 12.8 Å². The van der Waals surface area contributed by atoms with E-state index in [1.165, 1.54) is 199 Å². The topological polar surface area (TPSA) is 78.8 Å². The number of thiocarbonyl (C=S) groups is 1. The fourth-order valence-corrected chi connectivity index (χ4v) is 6.84. The second-order valence-corrected chi connectivity index (χ2v) is 16.0. The molecule has 0 spiro atoms. The molecule has 0 saturated carbocycles. The Hall–Kier alpha value is 0.350. The maximum Gasteiger partial charge on any atom is 0.469 e. The maximum absolute atomic E-state index is 10.6. The van der Waals surface area contributed by atoms with Gasteiger partial charge in [-0.2, -0.15) is 0 Å². The Morgan fingerprint density at radius 3 is 0.844 bits per heavy atom. The fraction of sp³-hybridized carbons (Fsp3) is 0.973. The lowest BCUT2D eigenvalue weighted by molar-refractivity contribution is 0.193. The lowest BCUT2D eigenvalue weighted by Crippen LogP contribution is -2.17. The summed E-state index contributed by atoms with van der Waals surface area (Å²) in [7, 11) is -4.27. The van der Waals surface area contributed by atoms with Crippen molar-refractivity contribution >= 4 is 37.0 Å². The third-order valence-corrected chi connectivity index (χ3v) is 9.93. The van der Waals surface area contributed by atoms with Crippen LogP contribution in [0.25, 0.3) is 0 Å². The molecule has 0 unspecified atom stereocenters.